The Morgan fingerprint density at radius 1 is 0.853 bits per heavy atom. The SMILES string of the molecule is CCCCCCCCOc1cnc(-c2ccc(OC(=O)CC[C@H]3CC[C@H](CC)CC3)cc2)nc1. The number of unbranched alkanes of at least 4 members (excludes halogenated alkanes) is 5. The molecule has 1 aliphatic rings. The van der Waals surface area contributed by atoms with Crippen molar-refractivity contribution in [1.82, 2.24) is 9.97 Å². The van der Waals surface area contributed by atoms with Gasteiger partial charge < -0.3 is 9.47 Å². The summed E-state index contributed by atoms with van der Waals surface area (Å²) in [6, 6.07) is 7.40. The highest BCUT2D eigenvalue weighted by Crippen LogP contribution is 2.33. The Labute approximate surface area is 205 Å². The zero-order chi connectivity index (χ0) is 24.0. The van der Waals surface area contributed by atoms with E-state index < -0.39 is 0 Å². The predicted molar refractivity (Wildman–Crippen MR) is 137 cm³/mol. The third kappa shape index (κ3) is 9.08. The minimum Gasteiger partial charge on any atom is -0.490 e. The smallest absolute Gasteiger partial charge is 0.311 e. The monoisotopic (exact) mass is 466 g/mol. The molecule has 1 aromatic carbocycles. The van der Waals surface area contributed by atoms with Crippen LogP contribution in [-0.2, 0) is 4.79 Å². The molecule has 186 valence electrons. The van der Waals surface area contributed by atoms with Crippen LogP contribution in [0.15, 0.2) is 36.7 Å². The molecule has 2 aromatic rings. The third-order valence-corrected chi connectivity index (χ3v) is 7.04. The normalized spacial score (nSPS) is 17.9. The van der Waals surface area contributed by atoms with E-state index >= 15 is 0 Å². The van der Waals surface area contributed by atoms with Gasteiger partial charge in [-0.3, -0.25) is 4.79 Å². The highest BCUT2D eigenvalue weighted by Gasteiger charge is 2.21. The van der Waals surface area contributed by atoms with E-state index in [2.05, 4.69) is 23.8 Å². The number of rotatable bonds is 14. The van der Waals surface area contributed by atoms with Crippen LogP contribution in [0.25, 0.3) is 11.4 Å². The second kappa shape index (κ2) is 14.7. The summed E-state index contributed by atoms with van der Waals surface area (Å²) in [7, 11) is 0. The third-order valence-electron chi connectivity index (χ3n) is 7.04. The first-order valence-corrected chi connectivity index (χ1v) is 13.4. The Kier molecular flexibility index (Phi) is 11.4. The van der Waals surface area contributed by atoms with Gasteiger partial charge in [0.25, 0.3) is 0 Å². The lowest BCUT2D eigenvalue weighted by Gasteiger charge is -2.27. The summed E-state index contributed by atoms with van der Waals surface area (Å²) in [5.41, 5.74) is 0.884. The van der Waals surface area contributed by atoms with Crippen LogP contribution >= 0.6 is 0 Å². The largest absolute Gasteiger partial charge is 0.490 e. The van der Waals surface area contributed by atoms with Gasteiger partial charge in [-0.05, 0) is 48.9 Å². The van der Waals surface area contributed by atoms with Gasteiger partial charge in [0.2, 0.25) is 0 Å². The van der Waals surface area contributed by atoms with Crippen LogP contribution in [0.5, 0.6) is 11.5 Å². The molecule has 0 unspecified atom stereocenters. The van der Waals surface area contributed by atoms with Gasteiger partial charge in [0.05, 0.1) is 19.0 Å². The maximum atomic E-state index is 12.3. The Morgan fingerprint density at radius 2 is 1.50 bits per heavy atom. The summed E-state index contributed by atoms with van der Waals surface area (Å²) in [5, 5.41) is 0. The first-order valence-electron chi connectivity index (χ1n) is 13.4. The Morgan fingerprint density at radius 3 is 2.18 bits per heavy atom. The van der Waals surface area contributed by atoms with Crippen molar-refractivity contribution in [1.29, 1.82) is 0 Å². The number of ether oxygens (including phenoxy) is 2. The molecule has 0 spiro atoms. The van der Waals surface area contributed by atoms with E-state index in [9.17, 15) is 4.79 Å². The van der Waals surface area contributed by atoms with Crippen molar-refractivity contribution in [3.05, 3.63) is 36.7 Å². The van der Waals surface area contributed by atoms with Crippen LogP contribution in [0.4, 0.5) is 0 Å². The van der Waals surface area contributed by atoms with Crippen LogP contribution in [0.3, 0.4) is 0 Å². The lowest BCUT2D eigenvalue weighted by molar-refractivity contribution is -0.134. The molecule has 0 aliphatic heterocycles. The van der Waals surface area contributed by atoms with Gasteiger partial charge in [-0.15, -0.1) is 0 Å². The fourth-order valence-corrected chi connectivity index (χ4v) is 4.72. The van der Waals surface area contributed by atoms with Crippen LogP contribution in [0.1, 0.15) is 97.3 Å². The van der Waals surface area contributed by atoms with Gasteiger partial charge in [0, 0.05) is 12.0 Å². The molecule has 1 saturated carbocycles. The maximum Gasteiger partial charge on any atom is 0.311 e. The quantitative estimate of drug-likeness (QED) is 0.162. The van der Waals surface area contributed by atoms with Crippen LogP contribution in [0.2, 0.25) is 0 Å². The predicted octanol–water partition coefficient (Wildman–Crippen LogP) is 7.78. The number of nitrogens with zero attached hydrogens (tertiary/aromatic N) is 2. The molecule has 34 heavy (non-hydrogen) atoms. The molecule has 3 rings (SSSR count). The van der Waals surface area contributed by atoms with Gasteiger partial charge >= 0.3 is 5.97 Å². The zero-order valence-electron chi connectivity index (χ0n) is 21.1. The number of aromatic nitrogens is 2. The fourth-order valence-electron chi connectivity index (χ4n) is 4.72. The molecule has 1 fully saturated rings. The number of carbonyl (C=O) groups excluding carboxylic acids is 1. The van der Waals surface area contributed by atoms with Gasteiger partial charge in [-0.25, -0.2) is 9.97 Å². The van der Waals surface area contributed by atoms with E-state index in [1.165, 1.54) is 64.2 Å². The zero-order valence-corrected chi connectivity index (χ0v) is 21.1. The van der Waals surface area contributed by atoms with E-state index in [0.29, 0.717) is 36.3 Å². The van der Waals surface area contributed by atoms with Crippen molar-refractivity contribution in [3.63, 3.8) is 0 Å². The molecule has 0 bridgehead atoms. The average molecular weight is 467 g/mol. The van der Waals surface area contributed by atoms with E-state index in [0.717, 1.165) is 24.3 Å². The topological polar surface area (TPSA) is 61.3 Å². The molecule has 1 aromatic heterocycles. The van der Waals surface area contributed by atoms with Gasteiger partial charge in [-0.2, -0.15) is 0 Å². The summed E-state index contributed by atoms with van der Waals surface area (Å²) in [6.45, 7) is 5.21. The summed E-state index contributed by atoms with van der Waals surface area (Å²) < 4.78 is 11.3. The van der Waals surface area contributed by atoms with Crippen LogP contribution < -0.4 is 9.47 Å². The summed E-state index contributed by atoms with van der Waals surface area (Å²) >= 11 is 0. The van der Waals surface area contributed by atoms with E-state index in [1.807, 2.05) is 24.3 Å². The van der Waals surface area contributed by atoms with Crippen molar-refractivity contribution < 1.29 is 14.3 Å². The molecule has 1 heterocycles. The number of carbonyl (C=O) groups is 1. The summed E-state index contributed by atoms with van der Waals surface area (Å²) in [6.07, 6.45) is 18.7. The first kappa shape index (κ1) is 26.2. The minimum atomic E-state index is -0.145. The van der Waals surface area contributed by atoms with Crippen molar-refractivity contribution in [2.75, 3.05) is 6.61 Å². The molecule has 0 amide bonds. The van der Waals surface area contributed by atoms with E-state index in [-0.39, 0.29) is 5.97 Å². The van der Waals surface area contributed by atoms with E-state index in [1.54, 1.807) is 12.4 Å². The molecule has 1 aliphatic carbocycles. The fraction of sp³-hybridized carbons (Fsp3) is 0.621. The maximum absolute atomic E-state index is 12.3. The molecule has 0 N–H and O–H groups in total. The number of hydrogen-bond acceptors (Lipinski definition) is 5. The van der Waals surface area contributed by atoms with Gasteiger partial charge in [-0.1, -0.05) is 78.1 Å². The molecular weight excluding hydrogens is 424 g/mol. The number of hydrogen-bond donors (Lipinski definition) is 0. The summed E-state index contributed by atoms with van der Waals surface area (Å²) in [5.74, 6) is 3.32. The molecule has 5 heteroatoms. The van der Waals surface area contributed by atoms with Crippen LogP contribution in [-0.4, -0.2) is 22.5 Å². The second-order valence-electron chi connectivity index (χ2n) is 9.69. The lowest BCUT2D eigenvalue weighted by atomic mass is 9.79. The molecule has 0 atom stereocenters. The van der Waals surface area contributed by atoms with Crippen molar-refractivity contribution in [2.45, 2.75) is 97.3 Å². The molecule has 5 nitrogen and oxygen atoms in total. The van der Waals surface area contributed by atoms with Gasteiger partial charge in [0.15, 0.2) is 11.6 Å². The number of esters is 1. The molecular formula is C29H42N2O3. The van der Waals surface area contributed by atoms with Crippen molar-refractivity contribution in [3.8, 4) is 22.9 Å². The van der Waals surface area contributed by atoms with Gasteiger partial charge in [0.1, 0.15) is 5.75 Å². The van der Waals surface area contributed by atoms with Crippen molar-refractivity contribution in [2.24, 2.45) is 11.8 Å². The Bertz CT molecular complexity index is 827. The molecule has 0 radical (unpaired) electrons. The highest BCUT2D eigenvalue weighted by atomic mass is 16.5. The second-order valence-corrected chi connectivity index (χ2v) is 9.69. The van der Waals surface area contributed by atoms with Crippen molar-refractivity contribution >= 4 is 5.97 Å². The average Bonchev–Trinajstić information content (AvgIpc) is 2.88. The standard InChI is InChI=1S/C29H42N2O3/c1-3-5-6-7-8-9-20-33-27-21-30-29(31-22-27)25-15-17-26(18-16-25)34-28(32)19-14-24-12-10-23(4-2)11-13-24/h15-18,21-24H,3-14,19-20H2,1-2H3/t23-,24-. The van der Waals surface area contributed by atoms with Crippen LogP contribution in [0, 0.1) is 11.8 Å². The minimum absolute atomic E-state index is 0.145. The molecule has 0 saturated heterocycles. The lowest BCUT2D eigenvalue weighted by Crippen LogP contribution is -2.16. The highest BCUT2D eigenvalue weighted by molar-refractivity contribution is 5.72. The Hall–Kier alpha value is -2.43. The van der Waals surface area contributed by atoms with E-state index in [4.69, 9.17) is 9.47 Å². The Balaban J connectivity index is 1.37. The summed E-state index contributed by atoms with van der Waals surface area (Å²) in [4.78, 5) is 21.1. The first-order chi connectivity index (χ1) is 16.7. The number of benzene rings is 1.